The van der Waals surface area contributed by atoms with Crippen LogP contribution >= 0.6 is 11.6 Å². The van der Waals surface area contributed by atoms with Crippen molar-refractivity contribution in [1.82, 2.24) is 19.5 Å². The standard InChI is InChI=1S/C25H33ClN6O2/c1-17(2)20-16-27-32-22(15-21(26)28-23(20)32)31(24(33)34-25(3,4)5)19-9-7-18(8-10-19)30-13-11-29(6)12-14-30/h7-10,15-17H,11-14H2,1-6H3. The van der Waals surface area contributed by atoms with Crippen molar-refractivity contribution in [1.29, 1.82) is 0 Å². The summed E-state index contributed by atoms with van der Waals surface area (Å²) >= 11 is 6.42. The summed E-state index contributed by atoms with van der Waals surface area (Å²) in [6.07, 6.45) is 1.27. The monoisotopic (exact) mass is 484 g/mol. The minimum Gasteiger partial charge on any atom is -0.443 e. The van der Waals surface area contributed by atoms with E-state index in [0.717, 1.165) is 37.4 Å². The number of carbonyl (C=O) groups excluding carboxylic acids is 1. The molecular weight excluding hydrogens is 452 g/mol. The fraction of sp³-hybridized carbons (Fsp3) is 0.480. The first kappa shape index (κ1) is 24.3. The van der Waals surface area contributed by atoms with Gasteiger partial charge in [0.15, 0.2) is 5.65 Å². The molecule has 9 heteroatoms. The van der Waals surface area contributed by atoms with Gasteiger partial charge in [0.25, 0.3) is 0 Å². The zero-order valence-electron chi connectivity index (χ0n) is 20.7. The molecule has 0 N–H and O–H groups in total. The Balaban J connectivity index is 1.78. The number of benzene rings is 1. The molecule has 1 saturated heterocycles. The van der Waals surface area contributed by atoms with E-state index in [-0.39, 0.29) is 11.1 Å². The van der Waals surface area contributed by atoms with Crippen LogP contribution in [0.5, 0.6) is 0 Å². The second-order valence-corrected chi connectivity index (χ2v) is 10.4. The minimum absolute atomic E-state index is 0.203. The molecule has 0 spiro atoms. The van der Waals surface area contributed by atoms with Crippen molar-refractivity contribution in [3.05, 3.63) is 47.2 Å². The third kappa shape index (κ3) is 5.13. The molecule has 0 unspecified atom stereocenters. The van der Waals surface area contributed by atoms with Crippen molar-refractivity contribution in [2.75, 3.05) is 43.0 Å². The predicted octanol–water partition coefficient (Wildman–Crippen LogP) is 5.33. The number of hydrogen-bond donors (Lipinski definition) is 0. The van der Waals surface area contributed by atoms with Gasteiger partial charge in [-0.1, -0.05) is 25.4 Å². The van der Waals surface area contributed by atoms with Gasteiger partial charge in [-0.3, -0.25) is 0 Å². The van der Waals surface area contributed by atoms with Crippen molar-refractivity contribution in [2.24, 2.45) is 0 Å². The number of hydrogen-bond acceptors (Lipinski definition) is 6. The molecule has 1 amide bonds. The molecule has 1 aromatic carbocycles. The Labute approximate surface area is 206 Å². The first-order valence-corrected chi connectivity index (χ1v) is 12.0. The van der Waals surface area contributed by atoms with Crippen molar-refractivity contribution < 1.29 is 9.53 Å². The lowest BCUT2D eigenvalue weighted by Gasteiger charge is -2.34. The van der Waals surface area contributed by atoms with Crippen LogP contribution in [0.25, 0.3) is 5.65 Å². The number of piperazine rings is 1. The van der Waals surface area contributed by atoms with E-state index in [1.165, 1.54) is 4.90 Å². The van der Waals surface area contributed by atoms with Gasteiger partial charge in [0, 0.05) is 43.5 Å². The van der Waals surface area contributed by atoms with Crippen LogP contribution in [0.2, 0.25) is 5.15 Å². The maximum Gasteiger partial charge on any atom is 0.420 e. The van der Waals surface area contributed by atoms with E-state index in [1.807, 2.05) is 45.0 Å². The number of anilines is 3. The average Bonchev–Trinajstić information content (AvgIpc) is 3.18. The first-order chi connectivity index (χ1) is 16.0. The zero-order valence-corrected chi connectivity index (χ0v) is 21.5. The molecule has 0 saturated carbocycles. The third-order valence-corrected chi connectivity index (χ3v) is 6.05. The number of fused-ring (bicyclic) bond motifs is 1. The van der Waals surface area contributed by atoms with Gasteiger partial charge in [0.1, 0.15) is 16.6 Å². The highest BCUT2D eigenvalue weighted by Crippen LogP contribution is 2.33. The number of amides is 1. The molecule has 34 heavy (non-hydrogen) atoms. The predicted molar refractivity (Wildman–Crippen MR) is 137 cm³/mol. The first-order valence-electron chi connectivity index (χ1n) is 11.6. The van der Waals surface area contributed by atoms with Gasteiger partial charge in [-0.2, -0.15) is 9.61 Å². The number of nitrogens with zero attached hydrogens (tertiary/aromatic N) is 6. The fourth-order valence-corrected chi connectivity index (χ4v) is 4.20. The van der Waals surface area contributed by atoms with Gasteiger partial charge in [-0.15, -0.1) is 0 Å². The van der Waals surface area contributed by atoms with Crippen molar-refractivity contribution in [3.8, 4) is 0 Å². The zero-order chi connectivity index (χ0) is 24.6. The molecule has 8 nitrogen and oxygen atoms in total. The Morgan fingerprint density at radius 2 is 1.76 bits per heavy atom. The maximum absolute atomic E-state index is 13.5. The number of aromatic nitrogens is 3. The Kier molecular flexibility index (Phi) is 6.73. The minimum atomic E-state index is -0.668. The van der Waals surface area contributed by atoms with E-state index < -0.39 is 11.7 Å². The highest BCUT2D eigenvalue weighted by atomic mass is 35.5. The van der Waals surface area contributed by atoms with E-state index >= 15 is 0 Å². The van der Waals surface area contributed by atoms with Crippen LogP contribution in [-0.4, -0.2) is 64.4 Å². The summed E-state index contributed by atoms with van der Waals surface area (Å²) in [7, 11) is 2.14. The van der Waals surface area contributed by atoms with Crippen LogP contribution in [-0.2, 0) is 4.74 Å². The summed E-state index contributed by atoms with van der Waals surface area (Å²) in [4.78, 5) is 24.1. The Bertz CT molecular complexity index is 1160. The lowest BCUT2D eigenvalue weighted by atomic mass is 10.1. The molecule has 4 rings (SSSR count). The Morgan fingerprint density at radius 1 is 1.12 bits per heavy atom. The molecule has 0 atom stereocenters. The summed E-state index contributed by atoms with van der Waals surface area (Å²) < 4.78 is 7.43. The number of halogens is 1. The molecule has 1 aliphatic rings. The van der Waals surface area contributed by atoms with E-state index in [4.69, 9.17) is 16.3 Å². The number of ether oxygens (including phenoxy) is 1. The number of rotatable bonds is 4. The molecular formula is C25H33ClN6O2. The molecule has 1 aliphatic heterocycles. The Hall–Kier alpha value is -2.84. The average molecular weight is 485 g/mol. The normalized spacial score (nSPS) is 15.2. The third-order valence-electron chi connectivity index (χ3n) is 5.85. The van der Waals surface area contributed by atoms with Gasteiger partial charge in [0.05, 0.1) is 11.9 Å². The van der Waals surface area contributed by atoms with E-state index in [9.17, 15) is 4.79 Å². The van der Waals surface area contributed by atoms with Crippen molar-refractivity contribution in [3.63, 3.8) is 0 Å². The molecule has 2 aromatic heterocycles. The molecule has 3 aromatic rings. The van der Waals surface area contributed by atoms with Crippen LogP contribution in [0.3, 0.4) is 0 Å². The summed E-state index contributed by atoms with van der Waals surface area (Å²) in [5.74, 6) is 0.678. The van der Waals surface area contributed by atoms with Crippen molar-refractivity contribution >= 4 is 40.5 Å². The van der Waals surface area contributed by atoms with Gasteiger partial charge in [0.2, 0.25) is 0 Å². The Morgan fingerprint density at radius 3 is 2.35 bits per heavy atom. The molecule has 182 valence electrons. The fourth-order valence-electron chi connectivity index (χ4n) is 4.02. The lowest BCUT2D eigenvalue weighted by Crippen LogP contribution is -2.44. The summed E-state index contributed by atoms with van der Waals surface area (Å²) in [5, 5.41) is 4.82. The molecule has 3 heterocycles. The van der Waals surface area contributed by atoms with Crippen LogP contribution < -0.4 is 9.80 Å². The summed E-state index contributed by atoms with van der Waals surface area (Å²) in [6.45, 7) is 13.7. The van der Waals surface area contributed by atoms with E-state index in [0.29, 0.717) is 17.2 Å². The quantitative estimate of drug-likeness (QED) is 0.466. The largest absolute Gasteiger partial charge is 0.443 e. The smallest absolute Gasteiger partial charge is 0.420 e. The van der Waals surface area contributed by atoms with Crippen LogP contribution in [0.15, 0.2) is 36.5 Å². The van der Waals surface area contributed by atoms with Gasteiger partial charge in [-0.05, 0) is 58.0 Å². The summed E-state index contributed by atoms with van der Waals surface area (Å²) in [5.41, 5.74) is 2.70. The van der Waals surface area contributed by atoms with Gasteiger partial charge in [-0.25, -0.2) is 14.7 Å². The van der Waals surface area contributed by atoms with E-state index in [2.05, 4.69) is 40.8 Å². The molecule has 0 aliphatic carbocycles. The number of carbonyl (C=O) groups is 1. The summed E-state index contributed by atoms with van der Waals surface area (Å²) in [6, 6.07) is 9.60. The lowest BCUT2D eigenvalue weighted by molar-refractivity contribution is 0.0597. The van der Waals surface area contributed by atoms with Gasteiger partial charge < -0.3 is 14.5 Å². The number of likely N-dealkylation sites (N-methyl/N-ethyl adjacent to an activating group) is 1. The van der Waals surface area contributed by atoms with Crippen molar-refractivity contribution in [2.45, 2.75) is 46.1 Å². The van der Waals surface area contributed by atoms with Crippen LogP contribution in [0.4, 0.5) is 22.0 Å². The van der Waals surface area contributed by atoms with Crippen LogP contribution in [0.1, 0.15) is 46.1 Å². The van der Waals surface area contributed by atoms with Gasteiger partial charge >= 0.3 is 6.09 Å². The highest BCUT2D eigenvalue weighted by Gasteiger charge is 2.28. The second kappa shape index (κ2) is 9.43. The molecule has 0 radical (unpaired) electrons. The second-order valence-electron chi connectivity index (χ2n) is 10.0. The SMILES string of the molecule is CC(C)c1cnn2c(N(C(=O)OC(C)(C)C)c3ccc(N4CCN(C)CC4)cc3)cc(Cl)nc12. The van der Waals surface area contributed by atoms with E-state index in [1.54, 1.807) is 16.8 Å². The maximum atomic E-state index is 13.5. The molecule has 1 fully saturated rings. The highest BCUT2D eigenvalue weighted by molar-refractivity contribution is 6.29. The van der Waals surface area contributed by atoms with Crippen LogP contribution in [0, 0.1) is 0 Å². The topological polar surface area (TPSA) is 66.2 Å². The molecule has 0 bridgehead atoms.